The van der Waals surface area contributed by atoms with Crippen LogP contribution in [0, 0.1) is 11.8 Å². The molecule has 2 rings (SSSR count). The second kappa shape index (κ2) is 12.7. The molecule has 0 N–H and O–H groups in total. The Balaban J connectivity index is 1.76. The van der Waals surface area contributed by atoms with Gasteiger partial charge in [-0.05, 0) is 68.3 Å². The van der Waals surface area contributed by atoms with Gasteiger partial charge in [0, 0.05) is 11.1 Å². The maximum Gasteiger partial charge on any atom is 0.119 e. The van der Waals surface area contributed by atoms with Crippen molar-refractivity contribution in [1.29, 1.82) is 0 Å². The van der Waals surface area contributed by atoms with Gasteiger partial charge >= 0.3 is 0 Å². The first-order valence-corrected chi connectivity index (χ1v) is 9.94. The molecule has 2 aromatic carbocycles. The van der Waals surface area contributed by atoms with Crippen molar-refractivity contribution in [3.8, 4) is 23.3 Å². The molecule has 0 saturated heterocycles. The third-order valence-electron chi connectivity index (χ3n) is 4.11. The molecule has 27 heavy (non-hydrogen) atoms. The van der Waals surface area contributed by atoms with Crippen LogP contribution in [-0.4, -0.2) is 13.2 Å². The van der Waals surface area contributed by atoms with Crippen LogP contribution in [0.2, 0.25) is 0 Å². The summed E-state index contributed by atoms with van der Waals surface area (Å²) >= 11 is 0. The number of rotatable bonds is 10. The molecular formula is C25H30O2. The minimum atomic E-state index is 0.616. The molecule has 0 aliphatic rings. The van der Waals surface area contributed by atoms with E-state index in [0.717, 1.165) is 29.0 Å². The number of allylic oxidation sites excluding steroid dienone is 1. The topological polar surface area (TPSA) is 18.5 Å². The molecule has 0 bridgehead atoms. The fraction of sp³-hybridized carbons (Fsp3) is 0.360. The second-order valence-electron chi connectivity index (χ2n) is 6.36. The summed E-state index contributed by atoms with van der Waals surface area (Å²) in [6.07, 6.45) is 10.7. The molecule has 0 amide bonds. The Hall–Kier alpha value is -2.66. The lowest BCUT2D eigenvalue weighted by Gasteiger charge is -2.03. The Morgan fingerprint density at radius 2 is 1.30 bits per heavy atom. The van der Waals surface area contributed by atoms with Crippen LogP contribution in [-0.2, 0) is 0 Å². The monoisotopic (exact) mass is 362 g/mol. The first-order valence-electron chi connectivity index (χ1n) is 9.94. The molecular weight excluding hydrogens is 332 g/mol. The van der Waals surface area contributed by atoms with Crippen LogP contribution in [0.4, 0.5) is 0 Å². The average Bonchev–Trinajstić information content (AvgIpc) is 2.70. The van der Waals surface area contributed by atoms with Gasteiger partial charge in [-0.3, -0.25) is 0 Å². The van der Waals surface area contributed by atoms with Gasteiger partial charge < -0.3 is 9.47 Å². The van der Waals surface area contributed by atoms with Crippen molar-refractivity contribution in [2.75, 3.05) is 13.2 Å². The summed E-state index contributed by atoms with van der Waals surface area (Å²) in [5, 5.41) is 0. The second-order valence-corrected chi connectivity index (χ2v) is 6.36. The van der Waals surface area contributed by atoms with Gasteiger partial charge in [0.05, 0.1) is 6.61 Å². The van der Waals surface area contributed by atoms with Gasteiger partial charge in [0.1, 0.15) is 18.1 Å². The van der Waals surface area contributed by atoms with E-state index in [1.807, 2.05) is 55.5 Å². The highest BCUT2D eigenvalue weighted by atomic mass is 16.5. The molecule has 142 valence electrons. The molecule has 2 aromatic rings. The van der Waals surface area contributed by atoms with Crippen molar-refractivity contribution in [3.63, 3.8) is 0 Å². The lowest BCUT2D eigenvalue weighted by Crippen LogP contribution is -1.93. The number of benzene rings is 2. The predicted molar refractivity (Wildman–Crippen MR) is 113 cm³/mol. The highest BCUT2D eigenvalue weighted by molar-refractivity contribution is 5.45. The summed E-state index contributed by atoms with van der Waals surface area (Å²) < 4.78 is 11.2. The third-order valence-corrected chi connectivity index (χ3v) is 4.11. The van der Waals surface area contributed by atoms with Gasteiger partial charge in [-0.25, -0.2) is 0 Å². The molecule has 0 aliphatic carbocycles. The first kappa shape index (κ1) is 20.6. The van der Waals surface area contributed by atoms with Crippen LogP contribution in [0.3, 0.4) is 0 Å². The SMILES string of the molecule is CCCCCCC=CCOc1ccc(C#Cc2ccc(OCC)cc2)cc1. The lowest BCUT2D eigenvalue weighted by atomic mass is 10.1. The van der Waals surface area contributed by atoms with Gasteiger partial charge in [0.2, 0.25) is 0 Å². The predicted octanol–water partition coefficient (Wildman–Crippen LogP) is 6.39. The van der Waals surface area contributed by atoms with Crippen molar-refractivity contribution in [2.45, 2.75) is 46.0 Å². The van der Waals surface area contributed by atoms with E-state index >= 15 is 0 Å². The Morgan fingerprint density at radius 1 is 0.704 bits per heavy atom. The fourth-order valence-electron chi connectivity index (χ4n) is 2.60. The Bertz CT molecular complexity index is 731. The summed E-state index contributed by atoms with van der Waals surface area (Å²) in [6.45, 7) is 5.51. The Labute approximate surface area is 164 Å². The molecule has 0 unspecified atom stereocenters. The van der Waals surface area contributed by atoms with E-state index in [2.05, 4.69) is 30.9 Å². The van der Waals surface area contributed by atoms with Crippen LogP contribution in [0.15, 0.2) is 60.7 Å². The molecule has 2 heteroatoms. The van der Waals surface area contributed by atoms with E-state index in [0.29, 0.717) is 13.2 Å². The molecule has 0 atom stereocenters. The molecule has 0 saturated carbocycles. The largest absolute Gasteiger partial charge is 0.494 e. The molecule has 0 heterocycles. The number of hydrogen-bond acceptors (Lipinski definition) is 2. The van der Waals surface area contributed by atoms with Gasteiger partial charge in [0.15, 0.2) is 0 Å². The minimum Gasteiger partial charge on any atom is -0.494 e. The highest BCUT2D eigenvalue weighted by Crippen LogP contribution is 2.13. The standard InChI is InChI=1S/C25H30O2/c1-3-5-6-7-8-9-10-21-27-25-19-15-23(16-20-25)12-11-22-13-17-24(18-14-22)26-4-2/h9-10,13-20H,3-8,21H2,1-2H3. The summed E-state index contributed by atoms with van der Waals surface area (Å²) in [4.78, 5) is 0. The summed E-state index contributed by atoms with van der Waals surface area (Å²) in [5.41, 5.74) is 1.95. The van der Waals surface area contributed by atoms with Crippen LogP contribution in [0.25, 0.3) is 0 Å². The Kier molecular flexibility index (Phi) is 9.68. The van der Waals surface area contributed by atoms with E-state index in [1.165, 1.54) is 25.7 Å². The molecule has 0 aliphatic heterocycles. The van der Waals surface area contributed by atoms with Gasteiger partial charge in [0.25, 0.3) is 0 Å². The number of unbranched alkanes of at least 4 members (excludes halogenated alkanes) is 4. The van der Waals surface area contributed by atoms with Crippen LogP contribution in [0.5, 0.6) is 11.5 Å². The van der Waals surface area contributed by atoms with Crippen molar-refractivity contribution in [2.24, 2.45) is 0 Å². The lowest BCUT2D eigenvalue weighted by molar-refractivity contribution is 0.340. The Morgan fingerprint density at radius 3 is 1.85 bits per heavy atom. The zero-order valence-corrected chi connectivity index (χ0v) is 16.5. The molecule has 2 nitrogen and oxygen atoms in total. The first-order chi connectivity index (χ1) is 13.3. The zero-order valence-electron chi connectivity index (χ0n) is 16.5. The number of hydrogen-bond donors (Lipinski definition) is 0. The zero-order chi connectivity index (χ0) is 19.2. The average molecular weight is 363 g/mol. The molecule has 0 fully saturated rings. The van der Waals surface area contributed by atoms with Gasteiger partial charge in [-0.2, -0.15) is 0 Å². The molecule has 0 spiro atoms. The van der Waals surface area contributed by atoms with Gasteiger partial charge in [-0.15, -0.1) is 0 Å². The summed E-state index contributed by atoms with van der Waals surface area (Å²) in [7, 11) is 0. The quantitative estimate of drug-likeness (QED) is 0.277. The normalized spacial score (nSPS) is 10.4. The maximum absolute atomic E-state index is 5.74. The summed E-state index contributed by atoms with van der Waals surface area (Å²) in [6, 6.07) is 15.8. The maximum atomic E-state index is 5.74. The van der Waals surface area contributed by atoms with Crippen LogP contribution in [0.1, 0.15) is 57.1 Å². The fourth-order valence-corrected chi connectivity index (χ4v) is 2.60. The van der Waals surface area contributed by atoms with Gasteiger partial charge in [-0.1, -0.05) is 50.2 Å². The van der Waals surface area contributed by atoms with E-state index in [4.69, 9.17) is 9.47 Å². The van der Waals surface area contributed by atoms with Crippen molar-refractivity contribution in [1.82, 2.24) is 0 Å². The van der Waals surface area contributed by atoms with E-state index < -0.39 is 0 Å². The minimum absolute atomic E-state index is 0.616. The van der Waals surface area contributed by atoms with Crippen molar-refractivity contribution < 1.29 is 9.47 Å². The van der Waals surface area contributed by atoms with Crippen molar-refractivity contribution >= 4 is 0 Å². The van der Waals surface area contributed by atoms with Crippen molar-refractivity contribution in [3.05, 3.63) is 71.8 Å². The molecule has 0 aromatic heterocycles. The van der Waals surface area contributed by atoms with Crippen LogP contribution >= 0.6 is 0 Å². The van der Waals surface area contributed by atoms with Crippen LogP contribution < -0.4 is 9.47 Å². The van der Waals surface area contributed by atoms with E-state index in [-0.39, 0.29) is 0 Å². The van der Waals surface area contributed by atoms with E-state index in [9.17, 15) is 0 Å². The summed E-state index contributed by atoms with van der Waals surface area (Å²) in [5.74, 6) is 8.10. The smallest absolute Gasteiger partial charge is 0.119 e. The number of ether oxygens (including phenoxy) is 2. The third kappa shape index (κ3) is 8.51. The highest BCUT2D eigenvalue weighted by Gasteiger charge is 1.94. The van der Waals surface area contributed by atoms with E-state index in [1.54, 1.807) is 0 Å². The molecule has 0 radical (unpaired) electrons.